The predicted octanol–water partition coefficient (Wildman–Crippen LogP) is 2.70. The average Bonchev–Trinajstić information content (AvgIpc) is 2.83. The molecule has 0 aliphatic carbocycles. The third kappa shape index (κ3) is 2.60. The van der Waals surface area contributed by atoms with Crippen LogP contribution < -0.4 is 10.5 Å². The molecule has 0 aliphatic rings. The fraction of sp³-hybridized carbons (Fsp3) is 0.143. The number of hydrogen-bond acceptors (Lipinski definition) is 4. The molecule has 0 bridgehead atoms. The number of rotatable bonds is 4. The van der Waals surface area contributed by atoms with Gasteiger partial charge in [-0.25, -0.2) is 0 Å². The molecule has 0 saturated carbocycles. The summed E-state index contributed by atoms with van der Waals surface area (Å²) in [4.78, 5) is 0. The Kier molecular flexibility index (Phi) is 3.56. The maximum absolute atomic E-state index is 5.91. The van der Waals surface area contributed by atoms with E-state index in [4.69, 9.17) is 10.5 Å². The van der Waals surface area contributed by atoms with E-state index >= 15 is 0 Å². The minimum atomic E-state index is 0.539. The van der Waals surface area contributed by atoms with Crippen molar-refractivity contribution >= 4 is 27.3 Å². The van der Waals surface area contributed by atoms with Crippen molar-refractivity contribution in [2.24, 2.45) is 0 Å². The molecule has 0 fully saturated rings. The maximum Gasteiger partial charge on any atom is 0.184 e. The summed E-state index contributed by atoms with van der Waals surface area (Å²) in [5.74, 6) is 1.67. The van der Waals surface area contributed by atoms with Crippen LogP contribution in [-0.4, -0.2) is 21.2 Å². The van der Waals surface area contributed by atoms with Gasteiger partial charge < -0.3 is 10.5 Å². The van der Waals surface area contributed by atoms with Crippen LogP contribution in [0.1, 0.15) is 5.82 Å². The van der Waals surface area contributed by atoms with Gasteiger partial charge in [0.05, 0.1) is 12.3 Å². The molecule has 1 aromatic carbocycles. The van der Waals surface area contributed by atoms with Crippen LogP contribution in [0.5, 0.6) is 5.75 Å². The zero-order valence-electron chi connectivity index (χ0n) is 10.7. The monoisotopic (exact) mass is 332 g/mol. The zero-order chi connectivity index (χ0) is 13.9. The van der Waals surface area contributed by atoms with Crippen LogP contribution in [0.3, 0.4) is 0 Å². The number of ether oxygens (including phenoxy) is 1. The molecule has 0 radical (unpaired) electrons. The number of hydrogen-bond donors (Lipinski definition) is 1. The molecule has 0 atom stereocenters. The molecule has 0 spiro atoms. The lowest BCUT2D eigenvalue weighted by molar-refractivity contribution is 0.318. The molecule has 6 heteroatoms. The first kappa shape index (κ1) is 12.9. The van der Waals surface area contributed by atoms with Gasteiger partial charge in [-0.15, -0.1) is 10.2 Å². The van der Waals surface area contributed by atoms with Gasteiger partial charge in [-0.1, -0.05) is 18.2 Å². The highest BCUT2D eigenvalue weighted by atomic mass is 79.9. The van der Waals surface area contributed by atoms with Crippen LogP contribution in [0.15, 0.2) is 47.1 Å². The zero-order valence-corrected chi connectivity index (χ0v) is 12.2. The molecule has 0 amide bonds. The van der Waals surface area contributed by atoms with Crippen LogP contribution in [-0.2, 0) is 6.42 Å². The Labute approximate surface area is 124 Å². The number of nitrogens with zero attached hydrogens (tertiary/aromatic N) is 3. The van der Waals surface area contributed by atoms with Gasteiger partial charge >= 0.3 is 0 Å². The molecule has 2 N–H and O–H groups in total. The van der Waals surface area contributed by atoms with Crippen LogP contribution in [0.25, 0.3) is 5.65 Å². The quantitative estimate of drug-likeness (QED) is 0.797. The lowest BCUT2D eigenvalue weighted by atomic mass is 10.3. The number of benzene rings is 1. The Morgan fingerprint density at radius 1 is 1.20 bits per heavy atom. The van der Waals surface area contributed by atoms with Crippen LogP contribution in [0, 0.1) is 0 Å². The van der Waals surface area contributed by atoms with E-state index in [0.717, 1.165) is 16.0 Å². The van der Waals surface area contributed by atoms with Gasteiger partial charge in [-0.05, 0) is 34.1 Å². The Bertz CT molecular complexity index is 727. The number of pyridine rings is 1. The van der Waals surface area contributed by atoms with E-state index in [-0.39, 0.29) is 0 Å². The minimum Gasteiger partial charge on any atom is -0.493 e. The number of fused-ring (bicyclic) bond motifs is 1. The molecule has 20 heavy (non-hydrogen) atoms. The fourth-order valence-electron chi connectivity index (χ4n) is 1.98. The SMILES string of the molecule is Nc1cc(Br)cn2c(CCOc3ccccc3)nnc12. The van der Waals surface area contributed by atoms with Crippen molar-refractivity contribution in [2.75, 3.05) is 12.3 Å². The van der Waals surface area contributed by atoms with Crippen molar-refractivity contribution in [2.45, 2.75) is 6.42 Å². The lowest BCUT2D eigenvalue weighted by Crippen LogP contribution is -2.05. The molecule has 2 aromatic heterocycles. The smallest absolute Gasteiger partial charge is 0.184 e. The summed E-state index contributed by atoms with van der Waals surface area (Å²) in [6.07, 6.45) is 2.56. The second kappa shape index (κ2) is 5.50. The Morgan fingerprint density at radius 3 is 2.80 bits per heavy atom. The summed E-state index contributed by atoms with van der Waals surface area (Å²) in [6, 6.07) is 11.5. The summed E-state index contributed by atoms with van der Waals surface area (Å²) >= 11 is 3.42. The third-order valence-corrected chi connectivity index (χ3v) is 3.34. The first-order valence-electron chi connectivity index (χ1n) is 6.20. The highest BCUT2D eigenvalue weighted by Crippen LogP contribution is 2.19. The third-order valence-electron chi connectivity index (χ3n) is 2.91. The van der Waals surface area contributed by atoms with Crippen molar-refractivity contribution in [3.05, 3.63) is 52.9 Å². The van der Waals surface area contributed by atoms with Gasteiger partial charge in [0.2, 0.25) is 0 Å². The van der Waals surface area contributed by atoms with E-state index in [1.165, 1.54) is 0 Å². The Balaban J connectivity index is 1.75. The van der Waals surface area contributed by atoms with Gasteiger partial charge in [0.15, 0.2) is 5.65 Å². The normalized spacial score (nSPS) is 10.8. The van der Waals surface area contributed by atoms with Gasteiger partial charge in [-0.2, -0.15) is 0 Å². The predicted molar refractivity (Wildman–Crippen MR) is 80.7 cm³/mol. The van der Waals surface area contributed by atoms with Crippen LogP contribution in [0.4, 0.5) is 5.69 Å². The maximum atomic E-state index is 5.91. The summed E-state index contributed by atoms with van der Waals surface area (Å²) in [6.45, 7) is 0.539. The second-order valence-electron chi connectivity index (χ2n) is 4.34. The van der Waals surface area contributed by atoms with Gasteiger partial charge in [0.25, 0.3) is 0 Å². The molecule has 3 aromatic rings. The van der Waals surface area contributed by atoms with E-state index in [9.17, 15) is 0 Å². The van der Waals surface area contributed by atoms with Crippen LogP contribution >= 0.6 is 15.9 Å². The first-order valence-corrected chi connectivity index (χ1v) is 7.00. The van der Waals surface area contributed by atoms with E-state index in [0.29, 0.717) is 24.4 Å². The number of para-hydroxylation sites is 1. The van der Waals surface area contributed by atoms with Gasteiger partial charge in [0.1, 0.15) is 11.6 Å². The fourth-order valence-corrected chi connectivity index (χ4v) is 2.43. The van der Waals surface area contributed by atoms with E-state index in [2.05, 4.69) is 26.1 Å². The minimum absolute atomic E-state index is 0.539. The Morgan fingerprint density at radius 2 is 2.00 bits per heavy atom. The highest BCUT2D eigenvalue weighted by molar-refractivity contribution is 9.10. The topological polar surface area (TPSA) is 65.4 Å². The number of aromatic nitrogens is 3. The lowest BCUT2D eigenvalue weighted by Gasteiger charge is -2.05. The van der Waals surface area contributed by atoms with E-state index < -0.39 is 0 Å². The molecule has 5 nitrogen and oxygen atoms in total. The molecular formula is C14H13BrN4O. The molecular weight excluding hydrogens is 320 g/mol. The summed E-state index contributed by atoms with van der Waals surface area (Å²) < 4.78 is 8.44. The molecule has 0 saturated heterocycles. The molecule has 0 unspecified atom stereocenters. The van der Waals surface area contributed by atoms with Crippen LogP contribution in [0.2, 0.25) is 0 Å². The van der Waals surface area contributed by atoms with Crippen molar-refractivity contribution in [3.8, 4) is 5.75 Å². The number of nitrogen functional groups attached to an aromatic ring is 1. The van der Waals surface area contributed by atoms with Crippen molar-refractivity contribution < 1.29 is 4.74 Å². The van der Waals surface area contributed by atoms with Gasteiger partial charge in [0, 0.05) is 17.1 Å². The standard InChI is InChI=1S/C14H13BrN4O/c15-10-8-12(16)14-18-17-13(19(14)9-10)6-7-20-11-4-2-1-3-5-11/h1-5,8-9H,6-7,16H2. The van der Waals surface area contributed by atoms with E-state index in [1.54, 1.807) is 0 Å². The number of halogens is 1. The van der Waals surface area contributed by atoms with Crippen molar-refractivity contribution in [1.82, 2.24) is 14.6 Å². The summed E-state index contributed by atoms with van der Waals surface area (Å²) in [5.41, 5.74) is 7.17. The summed E-state index contributed by atoms with van der Waals surface area (Å²) in [7, 11) is 0. The average molecular weight is 333 g/mol. The number of nitrogens with two attached hydrogens (primary N) is 1. The molecule has 3 rings (SSSR count). The highest BCUT2D eigenvalue weighted by Gasteiger charge is 2.09. The molecule has 0 aliphatic heterocycles. The van der Waals surface area contributed by atoms with Crippen molar-refractivity contribution in [1.29, 1.82) is 0 Å². The largest absolute Gasteiger partial charge is 0.493 e. The van der Waals surface area contributed by atoms with Crippen molar-refractivity contribution in [3.63, 3.8) is 0 Å². The summed E-state index contributed by atoms with van der Waals surface area (Å²) in [5, 5.41) is 8.26. The molecule has 102 valence electrons. The second-order valence-corrected chi connectivity index (χ2v) is 5.25. The Hall–Kier alpha value is -2.08. The first-order chi connectivity index (χ1) is 9.74. The number of anilines is 1. The van der Waals surface area contributed by atoms with Gasteiger partial charge in [-0.3, -0.25) is 4.40 Å². The molecule has 2 heterocycles. The van der Waals surface area contributed by atoms with E-state index in [1.807, 2.05) is 47.0 Å².